The first-order valence-electron chi connectivity index (χ1n) is 7.00. The normalized spacial score (nSPS) is 20.0. The van der Waals surface area contributed by atoms with E-state index in [1.54, 1.807) is 0 Å². The van der Waals surface area contributed by atoms with Crippen molar-refractivity contribution in [2.45, 2.75) is 39.2 Å². The van der Waals surface area contributed by atoms with Gasteiger partial charge in [0.2, 0.25) is 5.91 Å². The van der Waals surface area contributed by atoms with Gasteiger partial charge in [-0.2, -0.15) is 0 Å². The SMILES string of the molecule is CCN(CC)C(C)C1CC(=O)Nc2ccc(N)cc21. The summed E-state index contributed by atoms with van der Waals surface area (Å²) in [6, 6.07) is 6.08. The Morgan fingerprint density at radius 1 is 1.42 bits per heavy atom. The Morgan fingerprint density at radius 3 is 2.74 bits per heavy atom. The van der Waals surface area contributed by atoms with Crippen molar-refractivity contribution in [3.05, 3.63) is 23.8 Å². The third-order valence-electron chi connectivity index (χ3n) is 4.13. The lowest BCUT2D eigenvalue weighted by molar-refractivity contribution is -0.117. The van der Waals surface area contributed by atoms with Crippen LogP contribution in [0, 0.1) is 0 Å². The van der Waals surface area contributed by atoms with Crippen molar-refractivity contribution >= 4 is 17.3 Å². The van der Waals surface area contributed by atoms with Crippen LogP contribution in [0.1, 0.15) is 38.7 Å². The third kappa shape index (κ3) is 2.73. The number of nitrogens with two attached hydrogens (primary N) is 1. The monoisotopic (exact) mass is 261 g/mol. The second-order valence-corrected chi connectivity index (χ2v) is 5.17. The highest BCUT2D eigenvalue weighted by Gasteiger charge is 2.31. The minimum Gasteiger partial charge on any atom is -0.399 e. The number of anilines is 2. The van der Waals surface area contributed by atoms with Crippen LogP contribution in [-0.4, -0.2) is 29.9 Å². The zero-order chi connectivity index (χ0) is 14.0. The Bertz CT molecular complexity index is 468. The van der Waals surface area contributed by atoms with Gasteiger partial charge in [-0.05, 0) is 43.8 Å². The molecule has 0 saturated carbocycles. The number of hydrogen-bond acceptors (Lipinski definition) is 3. The maximum Gasteiger partial charge on any atom is 0.225 e. The molecule has 1 aliphatic heterocycles. The number of fused-ring (bicyclic) bond motifs is 1. The molecule has 3 N–H and O–H groups in total. The molecule has 0 radical (unpaired) electrons. The van der Waals surface area contributed by atoms with Crippen LogP contribution in [0.3, 0.4) is 0 Å². The van der Waals surface area contributed by atoms with Gasteiger partial charge in [-0.25, -0.2) is 0 Å². The molecular weight excluding hydrogens is 238 g/mol. The average molecular weight is 261 g/mol. The smallest absolute Gasteiger partial charge is 0.225 e. The van der Waals surface area contributed by atoms with Gasteiger partial charge in [0, 0.05) is 29.8 Å². The van der Waals surface area contributed by atoms with Crippen LogP contribution in [0.15, 0.2) is 18.2 Å². The van der Waals surface area contributed by atoms with Crippen LogP contribution in [-0.2, 0) is 4.79 Å². The standard InChI is InChI=1S/C15H23N3O/c1-4-18(5-2)10(3)12-9-15(19)17-14-7-6-11(16)8-13(12)14/h6-8,10,12H,4-5,9,16H2,1-3H3,(H,17,19). The van der Waals surface area contributed by atoms with E-state index in [0.29, 0.717) is 12.5 Å². The first-order valence-corrected chi connectivity index (χ1v) is 7.00. The molecule has 4 heteroatoms. The predicted octanol–water partition coefficient (Wildman–Crippen LogP) is 2.42. The van der Waals surface area contributed by atoms with Gasteiger partial charge in [0.1, 0.15) is 0 Å². The number of nitrogens with one attached hydrogen (secondary N) is 1. The predicted molar refractivity (Wildman–Crippen MR) is 79.2 cm³/mol. The van der Waals surface area contributed by atoms with Gasteiger partial charge in [-0.3, -0.25) is 4.79 Å². The molecule has 2 unspecified atom stereocenters. The van der Waals surface area contributed by atoms with Crippen molar-refractivity contribution < 1.29 is 4.79 Å². The van der Waals surface area contributed by atoms with E-state index in [4.69, 9.17) is 5.73 Å². The lowest BCUT2D eigenvalue weighted by atomic mass is 9.84. The molecular formula is C15H23N3O. The molecule has 1 aromatic rings. The van der Waals surface area contributed by atoms with E-state index in [1.807, 2.05) is 18.2 Å². The fraction of sp³-hybridized carbons (Fsp3) is 0.533. The maximum absolute atomic E-state index is 11.9. The molecule has 0 saturated heterocycles. The number of carbonyl (C=O) groups excluding carboxylic acids is 1. The number of likely N-dealkylation sites (N-methyl/N-ethyl adjacent to an activating group) is 1. The van der Waals surface area contributed by atoms with Crippen LogP contribution < -0.4 is 11.1 Å². The van der Waals surface area contributed by atoms with Crippen molar-refractivity contribution in [2.75, 3.05) is 24.1 Å². The van der Waals surface area contributed by atoms with Gasteiger partial charge in [-0.1, -0.05) is 13.8 Å². The molecule has 0 spiro atoms. The molecule has 0 bridgehead atoms. The summed E-state index contributed by atoms with van der Waals surface area (Å²) < 4.78 is 0. The summed E-state index contributed by atoms with van der Waals surface area (Å²) in [7, 11) is 0. The quantitative estimate of drug-likeness (QED) is 0.818. The highest BCUT2D eigenvalue weighted by molar-refractivity contribution is 5.95. The van der Waals surface area contributed by atoms with E-state index >= 15 is 0 Å². The second-order valence-electron chi connectivity index (χ2n) is 5.17. The van der Waals surface area contributed by atoms with E-state index in [-0.39, 0.29) is 11.8 Å². The van der Waals surface area contributed by atoms with E-state index in [2.05, 4.69) is 31.0 Å². The fourth-order valence-corrected chi connectivity index (χ4v) is 3.00. The highest BCUT2D eigenvalue weighted by atomic mass is 16.1. The van der Waals surface area contributed by atoms with E-state index in [9.17, 15) is 4.79 Å². The van der Waals surface area contributed by atoms with E-state index in [0.717, 1.165) is 24.5 Å². The Kier molecular flexibility index (Phi) is 4.10. The molecule has 1 aromatic carbocycles. The number of nitrogen functional groups attached to an aromatic ring is 1. The van der Waals surface area contributed by atoms with Crippen LogP contribution in [0.4, 0.5) is 11.4 Å². The highest BCUT2D eigenvalue weighted by Crippen LogP contribution is 2.37. The average Bonchev–Trinajstić information content (AvgIpc) is 2.39. The molecule has 2 atom stereocenters. The molecule has 0 fully saturated rings. The van der Waals surface area contributed by atoms with Crippen molar-refractivity contribution in [1.29, 1.82) is 0 Å². The topological polar surface area (TPSA) is 58.4 Å². The molecule has 4 nitrogen and oxygen atoms in total. The van der Waals surface area contributed by atoms with Crippen molar-refractivity contribution in [2.24, 2.45) is 0 Å². The van der Waals surface area contributed by atoms with Crippen LogP contribution >= 0.6 is 0 Å². The Balaban J connectivity index is 2.36. The van der Waals surface area contributed by atoms with Gasteiger partial charge < -0.3 is 16.0 Å². The molecule has 1 heterocycles. The van der Waals surface area contributed by atoms with Gasteiger partial charge in [0.05, 0.1) is 0 Å². The number of amides is 1. The van der Waals surface area contributed by atoms with Crippen molar-refractivity contribution in [1.82, 2.24) is 4.90 Å². The summed E-state index contributed by atoms with van der Waals surface area (Å²) in [6.07, 6.45) is 0.536. The largest absolute Gasteiger partial charge is 0.399 e. The first-order chi connectivity index (χ1) is 9.06. The fourth-order valence-electron chi connectivity index (χ4n) is 3.00. The minimum absolute atomic E-state index is 0.0984. The Labute approximate surface area is 115 Å². The number of carbonyl (C=O) groups is 1. The lowest BCUT2D eigenvalue weighted by Crippen LogP contribution is -2.40. The first kappa shape index (κ1) is 13.9. The molecule has 1 aliphatic rings. The van der Waals surface area contributed by atoms with Gasteiger partial charge >= 0.3 is 0 Å². The maximum atomic E-state index is 11.9. The molecule has 19 heavy (non-hydrogen) atoms. The summed E-state index contributed by atoms with van der Waals surface area (Å²) in [4.78, 5) is 14.2. The Hall–Kier alpha value is -1.55. The van der Waals surface area contributed by atoms with E-state index < -0.39 is 0 Å². The third-order valence-corrected chi connectivity index (χ3v) is 4.13. The van der Waals surface area contributed by atoms with Crippen LogP contribution in [0.2, 0.25) is 0 Å². The molecule has 0 aliphatic carbocycles. The van der Waals surface area contributed by atoms with Gasteiger partial charge in [0.15, 0.2) is 0 Å². The van der Waals surface area contributed by atoms with Crippen molar-refractivity contribution in [3.8, 4) is 0 Å². The Morgan fingerprint density at radius 2 is 2.11 bits per heavy atom. The molecule has 1 amide bonds. The summed E-state index contributed by atoms with van der Waals surface area (Å²) >= 11 is 0. The van der Waals surface area contributed by atoms with E-state index in [1.165, 1.54) is 5.56 Å². The molecule has 104 valence electrons. The van der Waals surface area contributed by atoms with Crippen molar-refractivity contribution in [3.63, 3.8) is 0 Å². The number of benzene rings is 1. The summed E-state index contributed by atoms with van der Waals surface area (Å²) in [6.45, 7) is 8.50. The molecule has 2 rings (SSSR count). The molecule has 0 aromatic heterocycles. The second kappa shape index (κ2) is 5.61. The zero-order valence-corrected chi connectivity index (χ0v) is 11.9. The summed E-state index contributed by atoms with van der Waals surface area (Å²) in [5, 5.41) is 2.93. The van der Waals surface area contributed by atoms with Gasteiger partial charge in [-0.15, -0.1) is 0 Å². The van der Waals surface area contributed by atoms with Gasteiger partial charge in [0.25, 0.3) is 0 Å². The summed E-state index contributed by atoms with van der Waals surface area (Å²) in [5.41, 5.74) is 8.73. The van der Waals surface area contributed by atoms with Crippen LogP contribution in [0.5, 0.6) is 0 Å². The minimum atomic E-state index is 0.0984. The number of rotatable bonds is 4. The zero-order valence-electron chi connectivity index (χ0n) is 11.9. The lowest BCUT2D eigenvalue weighted by Gasteiger charge is -2.36. The number of nitrogens with zero attached hydrogens (tertiary/aromatic N) is 1. The van der Waals surface area contributed by atoms with Crippen LogP contribution in [0.25, 0.3) is 0 Å². The number of hydrogen-bond donors (Lipinski definition) is 2. The summed E-state index contributed by atoms with van der Waals surface area (Å²) in [5.74, 6) is 0.313.